The van der Waals surface area contributed by atoms with E-state index in [0.717, 1.165) is 20.3 Å². The molecule has 0 aliphatic carbocycles. The zero-order chi connectivity index (χ0) is 29.6. The molecule has 0 N–H and O–H groups in total. The molecule has 2 amide bonds. The predicted octanol–water partition coefficient (Wildman–Crippen LogP) is 3.96. The number of benzene rings is 3. The third-order valence-electron chi connectivity index (χ3n) is 7.66. The van der Waals surface area contributed by atoms with Gasteiger partial charge < -0.3 is 14.2 Å². The normalized spacial score (nSPS) is 16.5. The topological polar surface area (TPSA) is 120 Å². The summed E-state index contributed by atoms with van der Waals surface area (Å²) in [4.78, 5) is 40.0. The lowest BCUT2D eigenvalue weighted by Crippen LogP contribution is -2.45. The molecule has 1 saturated heterocycles. The van der Waals surface area contributed by atoms with Crippen molar-refractivity contribution in [2.45, 2.75) is 51.6 Å². The number of imide groups is 1. The van der Waals surface area contributed by atoms with Gasteiger partial charge >= 0.3 is 5.97 Å². The van der Waals surface area contributed by atoms with Gasteiger partial charge in [0, 0.05) is 6.54 Å². The summed E-state index contributed by atoms with van der Waals surface area (Å²) in [5.74, 6) is -0.776. The van der Waals surface area contributed by atoms with E-state index in [1.807, 2.05) is 19.9 Å². The lowest BCUT2D eigenvalue weighted by atomic mass is 10.0. The second-order valence-corrected chi connectivity index (χ2v) is 12.0. The number of anilines is 1. The Hall–Kier alpha value is -4.22. The lowest BCUT2D eigenvalue weighted by Gasteiger charge is -2.29. The van der Waals surface area contributed by atoms with Gasteiger partial charge in [-0.15, -0.1) is 0 Å². The molecular weight excluding hydrogens is 548 g/mol. The fourth-order valence-electron chi connectivity index (χ4n) is 5.24. The first-order chi connectivity index (χ1) is 19.4. The van der Waals surface area contributed by atoms with Crippen LogP contribution in [0, 0.1) is 27.7 Å². The minimum absolute atomic E-state index is 0.0566. The van der Waals surface area contributed by atoms with E-state index in [1.54, 1.807) is 32.0 Å². The van der Waals surface area contributed by atoms with Crippen molar-refractivity contribution < 1.29 is 37.0 Å². The minimum atomic E-state index is -4.29. The van der Waals surface area contributed by atoms with E-state index >= 15 is 0 Å². The van der Waals surface area contributed by atoms with Gasteiger partial charge in [-0.2, -0.15) is 4.31 Å². The number of hydrogen-bond donors (Lipinski definition) is 0. The van der Waals surface area contributed by atoms with Crippen LogP contribution in [-0.4, -0.2) is 50.5 Å². The SMILES string of the molecule is COC(=O)c1ccc(N2C(=O)CC(N(Cc3ccc4c(c3)OCO4)S(=O)(=O)c3c(C)c(C)cc(C)c3C)C2=O)cc1. The Labute approximate surface area is 238 Å². The molecule has 2 aliphatic rings. The van der Waals surface area contributed by atoms with Crippen LogP contribution < -0.4 is 14.4 Å². The Kier molecular flexibility index (Phi) is 7.35. The van der Waals surface area contributed by atoms with Crippen LogP contribution in [0.15, 0.2) is 53.4 Å². The Morgan fingerprint density at radius 2 is 1.59 bits per heavy atom. The van der Waals surface area contributed by atoms with Crippen LogP contribution in [0.2, 0.25) is 0 Å². The van der Waals surface area contributed by atoms with Gasteiger partial charge in [0.1, 0.15) is 6.04 Å². The van der Waals surface area contributed by atoms with E-state index in [-0.39, 0.29) is 35.9 Å². The maximum absolute atomic E-state index is 14.5. The maximum Gasteiger partial charge on any atom is 0.337 e. The van der Waals surface area contributed by atoms with Gasteiger partial charge in [0.25, 0.3) is 5.91 Å². The van der Waals surface area contributed by atoms with Gasteiger partial charge in [-0.3, -0.25) is 9.59 Å². The van der Waals surface area contributed by atoms with Gasteiger partial charge in [0.2, 0.25) is 22.7 Å². The number of amides is 2. The van der Waals surface area contributed by atoms with Crippen molar-refractivity contribution in [3.05, 3.63) is 81.9 Å². The molecule has 0 bridgehead atoms. The van der Waals surface area contributed by atoms with E-state index in [9.17, 15) is 22.8 Å². The highest BCUT2D eigenvalue weighted by Gasteiger charge is 2.47. The number of methoxy groups -OCH3 is 1. The highest BCUT2D eigenvalue weighted by Crippen LogP contribution is 2.37. The molecule has 0 saturated carbocycles. The number of carbonyl (C=O) groups excluding carboxylic acids is 3. The number of sulfonamides is 1. The first kappa shape index (κ1) is 28.3. The van der Waals surface area contributed by atoms with Crippen molar-refractivity contribution in [1.29, 1.82) is 0 Å². The van der Waals surface area contributed by atoms with Crippen molar-refractivity contribution in [1.82, 2.24) is 4.31 Å². The quantitative estimate of drug-likeness (QED) is 0.305. The average Bonchev–Trinajstić information content (AvgIpc) is 3.53. The number of hydrogen-bond acceptors (Lipinski definition) is 8. The fraction of sp³-hybridized carbons (Fsp3) is 0.300. The predicted molar refractivity (Wildman–Crippen MR) is 149 cm³/mol. The van der Waals surface area contributed by atoms with Crippen LogP contribution in [-0.2, 0) is 30.9 Å². The first-order valence-electron chi connectivity index (χ1n) is 13.0. The smallest absolute Gasteiger partial charge is 0.337 e. The molecule has 0 radical (unpaired) electrons. The van der Waals surface area contributed by atoms with Crippen molar-refractivity contribution >= 4 is 33.5 Å². The van der Waals surface area contributed by atoms with Crippen molar-refractivity contribution in [3.8, 4) is 11.5 Å². The summed E-state index contributed by atoms with van der Waals surface area (Å²) in [5, 5.41) is 0. The Morgan fingerprint density at radius 3 is 2.22 bits per heavy atom. The molecule has 5 rings (SSSR count). The number of rotatable bonds is 7. The third kappa shape index (κ3) is 4.95. The molecule has 1 fully saturated rings. The second kappa shape index (κ2) is 10.6. The third-order valence-corrected chi connectivity index (χ3v) is 9.79. The van der Waals surface area contributed by atoms with E-state index in [0.29, 0.717) is 28.2 Å². The van der Waals surface area contributed by atoms with E-state index in [2.05, 4.69) is 0 Å². The van der Waals surface area contributed by atoms with Gasteiger partial charge in [-0.1, -0.05) is 12.1 Å². The number of fused-ring (bicyclic) bond motifs is 1. The van der Waals surface area contributed by atoms with Crippen molar-refractivity contribution in [2.75, 3.05) is 18.8 Å². The highest BCUT2D eigenvalue weighted by atomic mass is 32.2. The molecule has 1 unspecified atom stereocenters. The number of aryl methyl sites for hydroxylation is 2. The Balaban J connectivity index is 1.58. The van der Waals surface area contributed by atoms with E-state index in [4.69, 9.17) is 14.2 Å². The minimum Gasteiger partial charge on any atom is -0.465 e. The molecule has 1 atom stereocenters. The van der Waals surface area contributed by atoms with Crippen molar-refractivity contribution in [2.24, 2.45) is 0 Å². The van der Waals surface area contributed by atoms with Gasteiger partial charge in [0.05, 0.1) is 29.7 Å². The van der Waals surface area contributed by atoms with Gasteiger partial charge in [0.15, 0.2) is 11.5 Å². The van der Waals surface area contributed by atoms with Crippen molar-refractivity contribution in [3.63, 3.8) is 0 Å². The average molecular weight is 579 g/mol. The largest absolute Gasteiger partial charge is 0.465 e. The molecule has 10 nitrogen and oxygen atoms in total. The maximum atomic E-state index is 14.5. The Morgan fingerprint density at radius 1 is 0.951 bits per heavy atom. The number of carbonyl (C=O) groups is 3. The molecule has 3 aromatic rings. The summed E-state index contributed by atoms with van der Waals surface area (Å²) in [5.41, 5.74) is 3.81. The van der Waals surface area contributed by atoms with Gasteiger partial charge in [-0.25, -0.2) is 18.1 Å². The summed E-state index contributed by atoms with van der Waals surface area (Å²) in [6.07, 6.45) is -0.343. The molecular formula is C30H30N2O8S. The van der Waals surface area contributed by atoms with E-state index in [1.165, 1.54) is 31.4 Å². The second-order valence-electron chi connectivity index (χ2n) is 10.2. The highest BCUT2D eigenvalue weighted by molar-refractivity contribution is 7.89. The first-order valence-corrected chi connectivity index (χ1v) is 14.4. The molecule has 41 heavy (non-hydrogen) atoms. The zero-order valence-electron chi connectivity index (χ0n) is 23.4. The molecule has 2 heterocycles. The van der Waals surface area contributed by atoms with Crippen LogP contribution in [0.25, 0.3) is 0 Å². The standard InChI is InChI=1S/C30H30N2O8S/c1-17-12-18(2)20(4)28(19(17)3)41(36,37)31(15-21-6-11-25-26(13-21)40-16-39-25)24-14-27(33)32(29(24)34)23-9-7-22(8-10-23)30(35)38-5/h6-13,24H,14-16H2,1-5H3. The Bertz CT molecular complexity index is 1660. The van der Waals surface area contributed by atoms with Crippen LogP contribution >= 0.6 is 0 Å². The monoisotopic (exact) mass is 578 g/mol. The lowest BCUT2D eigenvalue weighted by molar-refractivity contribution is -0.122. The molecule has 0 aromatic heterocycles. The van der Waals surface area contributed by atoms with Gasteiger partial charge in [-0.05, 0) is 91.9 Å². The summed E-state index contributed by atoms with van der Waals surface area (Å²) in [7, 11) is -3.03. The molecule has 0 spiro atoms. The molecule has 2 aliphatic heterocycles. The number of nitrogens with zero attached hydrogens (tertiary/aromatic N) is 2. The van der Waals surface area contributed by atoms with Crippen LogP contribution in [0.4, 0.5) is 5.69 Å². The zero-order valence-corrected chi connectivity index (χ0v) is 24.2. The number of ether oxygens (including phenoxy) is 3. The summed E-state index contributed by atoms with van der Waals surface area (Å²) < 4.78 is 45.7. The van der Waals surface area contributed by atoms with Crippen LogP contribution in [0.5, 0.6) is 11.5 Å². The summed E-state index contributed by atoms with van der Waals surface area (Å²) in [6, 6.07) is 11.5. The van der Waals surface area contributed by atoms with Crippen LogP contribution in [0.1, 0.15) is 44.6 Å². The molecule has 214 valence electrons. The summed E-state index contributed by atoms with van der Waals surface area (Å²) in [6.45, 7) is 7.04. The fourth-order valence-corrected chi connectivity index (χ4v) is 7.39. The van der Waals surface area contributed by atoms with E-state index < -0.39 is 33.8 Å². The number of esters is 1. The summed E-state index contributed by atoms with van der Waals surface area (Å²) >= 11 is 0. The molecule has 3 aromatic carbocycles. The molecule has 11 heteroatoms. The van der Waals surface area contributed by atoms with Crippen LogP contribution in [0.3, 0.4) is 0 Å².